The lowest BCUT2D eigenvalue weighted by molar-refractivity contribution is -0.159. The van der Waals surface area contributed by atoms with Crippen LogP contribution in [0, 0.1) is 11.8 Å². The number of hydrogen-bond acceptors (Lipinski definition) is 11. The number of esters is 1. The van der Waals surface area contributed by atoms with Gasteiger partial charge in [-0.2, -0.15) is 0 Å². The zero-order valence-corrected chi connectivity index (χ0v) is 34.8. The number of carbonyl (C=O) groups is 4. The Morgan fingerprint density at radius 3 is 2.58 bits per heavy atom. The maximum absolute atomic E-state index is 14.8. The number of aromatic nitrogens is 1. The number of halogens is 1. The Morgan fingerprint density at radius 2 is 1.89 bits per heavy atom. The molecule has 1 aromatic carbocycles. The first-order valence-corrected chi connectivity index (χ1v) is 21.8. The molecule has 7 rings (SSSR count). The molecule has 0 bridgehead atoms. The summed E-state index contributed by atoms with van der Waals surface area (Å²) in [4.78, 5) is 62.9. The highest BCUT2D eigenvalue weighted by molar-refractivity contribution is 7.91. The highest BCUT2D eigenvalue weighted by Gasteiger charge is 2.64. The van der Waals surface area contributed by atoms with E-state index in [2.05, 4.69) is 15.0 Å². The summed E-state index contributed by atoms with van der Waals surface area (Å²) in [6, 6.07) is 2.31. The first kappa shape index (κ1) is 41.2. The summed E-state index contributed by atoms with van der Waals surface area (Å²) in [5, 5.41) is 14.4. The molecule has 3 fully saturated rings. The van der Waals surface area contributed by atoms with E-state index in [-0.39, 0.29) is 31.5 Å². The average molecular weight is 829 g/mol. The van der Waals surface area contributed by atoms with Gasteiger partial charge in [-0.15, -0.1) is 0 Å². The van der Waals surface area contributed by atoms with Crippen molar-refractivity contribution in [3.8, 4) is 11.5 Å². The number of allylic oxidation sites excluding steroid dienone is 1. The van der Waals surface area contributed by atoms with E-state index >= 15 is 0 Å². The molecule has 5 atom stereocenters. The van der Waals surface area contributed by atoms with Crippen molar-refractivity contribution in [1.29, 1.82) is 0 Å². The van der Waals surface area contributed by atoms with Gasteiger partial charge in [0.25, 0.3) is 5.91 Å². The van der Waals surface area contributed by atoms with Crippen LogP contribution >= 0.6 is 11.6 Å². The quantitative estimate of drug-likeness (QED) is 0.257. The molecule has 2 aliphatic carbocycles. The Labute approximate surface area is 338 Å². The lowest BCUT2D eigenvalue weighted by atomic mass is 9.87. The van der Waals surface area contributed by atoms with E-state index in [0.717, 1.165) is 18.4 Å². The standard InChI is InChI=1S/C41H53ClN4O10S/c1-38(2,3)55-31(48)19-24-11-9-7-6-8-10-12-25-20-41(25,37(51)45-57(52,53)39(4)17-18-39)44-35(49)29-21-40(23-46(29)36(24)50)16-15-26-32-27(13-14-30(54-5)33(32)42)43-28(22-47)34(26)56-40/h10,12-14,24-25,29,47H,6-9,11,15-23H2,1-5H3,(H,44,49)(H,45,51)/b12-10-/t24-,25-,29+,40-,41-/m1/s1. The normalized spacial score (nSPS) is 29.1. The SMILES string of the molecule is COc1ccc2nc(CO)c3c(c2c1Cl)CC[C@]1(C[C@H]2C(=O)N[C@]4(C(=O)NS(=O)(=O)C5(C)CC5)C[C@H]4/C=C\CCCCC[C@H](CC(=O)OC(C)(C)C)C(=O)N2C1)O3. The molecule has 5 aliphatic rings. The monoisotopic (exact) mass is 828 g/mol. The number of hydrogen-bond donors (Lipinski definition) is 3. The van der Waals surface area contributed by atoms with E-state index in [4.69, 9.17) is 25.8 Å². The first-order valence-electron chi connectivity index (χ1n) is 19.9. The van der Waals surface area contributed by atoms with Gasteiger partial charge in [0.2, 0.25) is 21.8 Å². The second-order valence-corrected chi connectivity index (χ2v) is 20.3. The summed E-state index contributed by atoms with van der Waals surface area (Å²) >= 11 is 6.81. The molecular weight excluding hydrogens is 776 g/mol. The van der Waals surface area contributed by atoms with E-state index in [1.807, 2.05) is 12.2 Å². The summed E-state index contributed by atoms with van der Waals surface area (Å²) in [7, 11) is -2.50. The average Bonchev–Trinajstić information content (AvgIpc) is 4.04. The minimum atomic E-state index is -4.02. The summed E-state index contributed by atoms with van der Waals surface area (Å²) < 4.78 is 45.6. The van der Waals surface area contributed by atoms with Crippen LogP contribution in [0.3, 0.4) is 0 Å². The Balaban J connectivity index is 1.26. The molecule has 16 heteroatoms. The number of ether oxygens (including phenoxy) is 3. The number of aliphatic hydroxyl groups excluding tert-OH is 1. The van der Waals surface area contributed by atoms with Crippen molar-refractivity contribution in [3.05, 3.63) is 40.6 Å². The number of nitrogens with one attached hydrogen (secondary N) is 2. The number of pyridine rings is 1. The Morgan fingerprint density at radius 1 is 1.14 bits per heavy atom. The Kier molecular flexibility index (Phi) is 10.9. The van der Waals surface area contributed by atoms with Gasteiger partial charge in [0.15, 0.2) is 0 Å². The van der Waals surface area contributed by atoms with Crippen LogP contribution in [0.1, 0.15) is 110 Å². The van der Waals surface area contributed by atoms with Crippen LogP contribution in [0.25, 0.3) is 10.9 Å². The maximum Gasteiger partial charge on any atom is 0.307 e. The number of fused-ring (bicyclic) bond motifs is 5. The van der Waals surface area contributed by atoms with Crippen molar-refractivity contribution in [2.24, 2.45) is 11.8 Å². The van der Waals surface area contributed by atoms with Crippen molar-refractivity contribution in [3.63, 3.8) is 0 Å². The van der Waals surface area contributed by atoms with Gasteiger partial charge in [0.05, 0.1) is 42.0 Å². The predicted octanol–water partition coefficient (Wildman–Crippen LogP) is 4.80. The van der Waals surface area contributed by atoms with Crippen molar-refractivity contribution in [1.82, 2.24) is 19.9 Å². The van der Waals surface area contributed by atoms with Gasteiger partial charge in [0.1, 0.15) is 40.0 Å². The Hall–Kier alpha value is -3.95. The highest BCUT2D eigenvalue weighted by atomic mass is 35.5. The molecule has 3 amide bonds. The molecule has 1 aromatic heterocycles. The fourth-order valence-electron chi connectivity index (χ4n) is 8.61. The fourth-order valence-corrected chi connectivity index (χ4v) is 10.3. The lowest BCUT2D eigenvalue weighted by Crippen LogP contribution is -2.57. The van der Waals surface area contributed by atoms with Crippen LogP contribution in [-0.4, -0.2) is 88.3 Å². The molecule has 3 aliphatic heterocycles. The summed E-state index contributed by atoms with van der Waals surface area (Å²) in [5.41, 5.74) is -1.90. The molecule has 57 heavy (non-hydrogen) atoms. The number of carbonyl (C=O) groups excluding carboxylic acids is 4. The van der Waals surface area contributed by atoms with E-state index in [1.165, 1.54) is 12.0 Å². The van der Waals surface area contributed by atoms with Crippen LogP contribution in [-0.2, 0) is 47.0 Å². The van der Waals surface area contributed by atoms with E-state index < -0.39 is 79.7 Å². The number of aryl methyl sites for hydroxylation is 1. The van der Waals surface area contributed by atoms with Crippen LogP contribution in [0.2, 0.25) is 5.02 Å². The fraction of sp³-hybridized carbons (Fsp3) is 0.634. The summed E-state index contributed by atoms with van der Waals surface area (Å²) in [6.07, 6.45) is 8.76. The molecular formula is C41H53ClN4O10S. The van der Waals surface area contributed by atoms with Gasteiger partial charge in [0, 0.05) is 29.2 Å². The van der Waals surface area contributed by atoms with Crippen LogP contribution in [0.5, 0.6) is 11.5 Å². The van der Waals surface area contributed by atoms with Crippen LogP contribution in [0.15, 0.2) is 24.3 Å². The molecule has 310 valence electrons. The van der Waals surface area contributed by atoms with Gasteiger partial charge >= 0.3 is 5.97 Å². The smallest absolute Gasteiger partial charge is 0.307 e. The van der Waals surface area contributed by atoms with Crippen LogP contribution in [0.4, 0.5) is 0 Å². The summed E-state index contributed by atoms with van der Waals surface area (Å²) in [6.45, 7) is 6.38. The zero-order chi connectivity index (χ0) is 41.1. The molecule has 1 spiro atoms. The van der Waals surface area contributed by atoms with Gasteiger partial charge in [-0.1, -0.05) is 36.6 Å². The van der Waals surface area contributed by atoms with Gasteiger partial charge in [-0.05, 0) is 91.2 Å². The van der Waals surface area contributed by atoms with Gasteiger partial charge in [-0.25, -0.2) is 13.4 Å². The first-order chi connectivity index (χ1) is 26.8. The third-order valence-corrected chi connectivity index (χ3v) is 14.8. The predicted molar refractivity (Wildman–Crippen MR) is 211 cm³/mol. The molecule has 4 heterocycles. The third kappa shape index (κ3) is 7.95. The number of benzene rings is 1. The number of amides is 3. The van der Waals surface area contributed by atoms with Crippen molar-refractivity contribution in [2.75, 3.05) is 13.7 Å². The molecule has 2 saturated carbocycles. The van der Waals surface area contributed by atoms with E-state index in [0.29, 0.717) is 72.4 Å². The number of aliphatic hydroxyl groups is 1. The van der Waals surface area contributed by atoms with Crippen molar-refractivity contribution < 1.29 is 46.9 Å². The van der Waals surface area contributed by atoms with Gasteiger partial charge < -0.3 is 29.5 Å². The lowest BCUT2D eigenvalue weighted by Gasteiger charge is -2.37. The van der Waals surface area contributed by atoms with Gasteiger partial charge in [-0.3, -0.25) is 23.9 Å². The number of rotatable bonds is 7. The van der Waals surface area contributed by atoms with E-state index in [1.54, 1.807) is 39.8 Å². The molecule has 0 unspecified atom stereocenters. The van der Waals surface area contributed by atoms with E-state index in [9.17, 15) is 32.7 Å². The maximum atomic E-state index is 14.8. The molecule has 1 saturated heterocycles. The minimum absolute atomic E-state index is 0.0203. The third-order valence-electron chi connectivity index (χ3n) is 12.3. The van der Waals surface area contributed by atoms with Crippen molar-refractivity contribution >= 4 is 56.2 Å². The molecule has 2 aromatic rings. The number of methoxy groups -OCH3 is 1. The second kappa shape index (κ2) is 15.0. The van der Waals surface area contributed by atoms with Crippen molar-refractivity contribution in [2.45, 2.75) is 139 Å². The second-order valence-electron chi connectivity index (χ2n) is 17.7. The molecule has 3 N–H and O–H groups in total. The largest absolute Gasteiger partial charge is 0.495 e. The van der Waals surface area contributed by atoms with Crippen LogP contribution < -0.4 is 19.5 Å². The molecule has 0 radical (unpaired) electrons. The zero-order valence-electron chi connectivity index (χ0n) is 33.2. The number of nitrogens with zero attached hydrogens (tertiary/aromatic N) is 2. The molecule has 14 nitrogen and oxygen atoms in total. The summed E-state index contributed by atoms with van der Waals surface area (Å²) in [5.74, 6) is -2.89. The minimum Gasteiger partial charge on any atom is -0.495 e. The highest BCUT2D eigenvalue weighted by Crippen LogP contribution is 2.50. The Bertz CT molecular complexity index is 2130. The number of sulfonamides is 1. The topological polar surface area (TPSA) is 191 Å².